The normalized spacial score (nSPS) is 20.1. The Morgan fingerprint density at radius 3 is 3.05 bits per heavy atom. The first-order valence-electron chi connectivity index (χ1n) is 7.39. The molecule has 2 unspecified atom stereocenters. The molecule has 0 saturated carbocycles. The van der Waals surface area contributed by atoms with Gasteiger partial charge in [-0.25, -0.2) is 0 Å². The Morgan fingerprint density at radius 2 is 2.35 bits per heavy atom. The molecule has 1 aromatic rings. The van der Waals surface area contributed by atoms with Gasteiger partial charge in [0.25, 0.3) is 0 Å². The lowest BCUT2D eigenvalue weighted by Crippen LogP contribution is -2.35. The van der Waals surface area contributed by atoms with Crippen LogP contribution in [0, 0.1) is 5.92 Å². The molecule has 1 saturated heterocycles. The fourth-order valence-corrected chi connectivity index (χ4v) is 3.12. The third-order valence-electron chi connectivity index (χ3n) is 4.03. The molecular weight excluding hydrogens is 272 g/mol. The molecule has 3 nitrogen and oxygen atoms in total. The number of carbonyl (C=O) groups excluding carboxylic acids is 1. The van der Waals surface area contributed by atoms with Gasteiger partial charge >= 0.3 is 0 Å². The molecule has 1 amide bonds. The van der Waals surface area contributed by atoms with E-state index in [1.165, 1.54) is 0 Å². The highest BCUT2D eigenvalue weighted by molar-refractivity contribution is 6.30. The summed E-state index contributed by atoms with van der Waals surface area (Å²) in [5.41, 5.74) is 6.67. The van der Waals surface area contributed by atoms with Crippen molar-refractivity contribution in [2.24, 2.45) is 11.7 Å². The van der Waals surface area contributed by atoms with Gasteiger partial charge in [-0.1, -0.05) is 30.7 Å². The monoisotopic (exact) mass is 294 g/mol. The number of halogens is 1. The van der Waals surface area contributed by atoms with Crippen molar-refractivity contribution in [3.63, 3.8) is 0 Å². The molecule has 0 spiro atoms. The Morgan fingerprint density at radius 1 is 1.55 bits per heavy atom. The molecule has 20 heavy (non-hydrogen) atoms. The summed E-state index contributed by atoms with van der Waals surface area (Å²) in [5.74, 6) is 0.305. The minimum Gasteiger partial charge on any atom is -0.335 e. The molecule has 1 heterocycles. The maximum absolute atomic E-state index is 12.6. The first-order chi connectivity index (χ1) is 9.63. The van der Waals surface area contributed by atoms with E-state index in [2.05, 4.69) is 6.07 Å². The number of benzene rings is 1. The lowest BCUT2D eigenvalue weighted by molar-refractivity contribution is -0.136. The highest BCUT2D eigenvalue weighted by Gasteiger charge is 2.32. The zero-order valence-corrected chi connectivity index (χ0v) is 12.8. The summed E-state index contributed by atoms with van der Waals surface area (Å²) in [5, 5.41) is 0.734. The lowest BCUT2D eigenvalue weighted by Gasteiger charge is -2.28. The molecule has 0 bridgehead atoms. The van der Waals surface area contributed by atoms with Gasteiger partial charge < -0.3 is 10.6 Å². The van der Waals surface area contributed by atoms with Crippen molar-refractivity contribution in [3.05, 3.63) is 34.9 Å². The second kappa shape index (κ2) is 7.09. The topological polar surface area (TPSA) is 46.3 Å². The van der Waals surface area contributed by atoms with Gasteiger partial charge in [0.15, 0.2) is 0 Å². The van der Waals surface area contributed by atoms with Gasteiger partial charge in [0, 0.05) is 17.5 Å². The van der Waals surface area contributed by atoms with Crippen LogP contribution in [0.25, 0.3) is 0 Å². The molecule has 0 radical (unpaired) electrons. The number of hydrogen-bond donors (Lipinski definition) is 1. The third-order valence-corrected chi connectivity index (χ3v) is 4.27. The van der Waals surface area contributed by atoms with Crippen LogP contribution < -0.4 is 5.73 Å². The highest BCUT2D eigenvalue weighted by atomic mass is 35.5. The summed E-state index contributed by atoms with van der Waals surface area (Å²) in [6.45, 7) is 3.50. The Kier molecular flexibility index (Phi) is 5.44. The van der Waals surface area contributed by atoms with Gasteiger partial charge in [-0.2, -0.15) is 0 Å². The highest BCUT2D eigenvalue weighted by Crippen LogP contribution is 2.34. The predicted molar refractivity (Wildman–Crippen MR) is 82.6 cm³/mol. The summed E-state index contributed by atoms with van der Waals surface area (Å²) >= 11 is 6.06. The van der Waals surface area contributed by atoms with Crippen LogP contribution in [0.15, 0.2) is 24.3 Å². The number of nitrogens with two attached hydrogens (primary N) is 1. The largest absolute Gasteiger partial charge is 0.335 e. The standard InChI is InChI=1S/C16H23ClN2O/c1-12(5-3-9-18)16(20)19-10-4-8-15(19)13-6-2-7-14(17)11-13/h2,6-7,11-12,15H,3-5,8-10,18H2,1H3. The smallest absolute Gasteiger partial charge is 0.225 e. The van der Waals surface area contributed by atoms with Crippen molar-refractivity contribution in [3.8, 4) is 0 Å². The minimum atomic E-state index is 0.0540. The van der Waals surface area contributed by atoms with Gasteiger partial charge in [-0.15, -0.1) is 0 Å². The summed E-state index contributed by atoms with van der Waals surface area (Å²) in [6.07, 6.45) is 3.86. The molecule has 1 aliphatic heterocycles. The van der Waals surface area contributed by atoms with Crippen LogP contribution in [-0.4, -0.2) is 23.9 Å². The molecule has 1 fully saturated rings. The molecule has 2 N–H and O–H groups in total. The second-order valence-electron chi connectivity index (χ2n) is 5.58. The predicted octanol–water partition coefficient (Wildman–Crippen LogP) is 3.38. The maximum Gasteiger partial charge on any atom is 0.225 e. The van der Waals surface area contributed by atoms with Crippen molar-refractivity contribution in [2.75, 3.05) is 13.1 Å². The van der Waals surface area contributed by atoms with Gasteiger partial charge in [0.05, 0.1) is 6.04 Å². The summed E-state index contributed by atoms with van der Waals surface area (Å²) in [6, 6.07) is 8.04. The van der Waals surface area contributed by atoms with Gasteiger partial charge in [0.2, 0.25) is 5.91 Å². The molecule has 0 aliphatic carbocycles. The SMILES string of the molecule is CC(CCCN)C(=O)N1CCCC1c1cccc(Cl)c1. The minimum absolute atomic E-state index is 0.0540. The van der Waals surface area contributed by atoms with E-state index in [0.29, 0.717) is 6.54 Å². The molecule has 1 aliphatic rings. The van der Waals surface area contributed by atoms with Gasteiger partial charge in [-0.3, -0.25) is 4.79 Å². The average Bonchev–Trinajstić information content (AvgIpc) is 2.93. The first kappa shape index (κ1) is 15.3. The Bertz CT molecular complexity index is 464. The van der Waals surface area contributed by atoms with E-state index >= 15 is 0 Å². The van der Waals surface area contributed by atoms with Crippen molar-refractivity contribution in [1.29, 1.82) is 0 Å². The van der Waals surface area contributed by atoms with Crippen molar-refractivity contribution < 1.29 is 4.79 Å². The number of amides is 1. The van der Waals surface area contributed by atoms with Crippen LogP contribution in [0.4, 0.5) is 0 Å². The quantitative estimate of drug-likeness (QED) is 0.905. The molecule has 4 heteroatoms. The van der Waals surface area contributed by atoms with Crippen molar-refractivity contribution >= 4 is 17.5 Å². The van der Waals surface area contributed by atoms with Crippen molar-refractivity contribution in [2.45, 2.75) is 38.6 Å². The van der Waals surface area contributed by atoms with Crippen molar-refractivity contribution in [1.82, 2.24) is 4.90 Å². The fourth-order valence-electron chi connectivity index (χ4n) is 2.92. The summed E-state index contributed by atoms with van der Waals surface area (Å²) in [7, 11) is 0. The number of likely N-dealkylation sites (tertiary alicyclic amines) is 1. The molecule has 0 aromatic heterocycles. The number of hydrogen-bond acceptors (Lipinski definition) is 2. The van der Waals surface area contributed by atoms with Gasteiger partial charge in [0.1, 0.15) is 0 Å². The molecular formula is C16H23ClN2O. The number of rotatable bonds is 5. The third kappa shape index (κ3) is 3.53. The van der Waals surface area contributed by atoms with Crippen LogP contribution in [0.5, 0.6) is 0 Å². The zero-order chi connectivity index (χ0) is 14.5. The van der Waals surface area contributed by atoms with E-state index in [1.54, 1.807) is 0 Å². The molecule has 2 atom stereocenters. The Balaban J connectivity index is 2.09. The summed E-state index contributed by atoms with van der Waals surface area (Å²) < 4.78 is 0. The van der Waals surface area contributed by atoms with E-state index < -0.39 is 0 Å². The van der Waals surface area contributed by atoms with Crippen LogP contribution >= 0.6 is 11.6 Å². The molecule has 1 aromatic carbocycles. The lowest BCUT2D eigenvalue weighted by atomic mass is 10.0. The van der Waals surface area contributed by atoms with E-state index in [9.17, 15) is 4.79 Å². The molecule has 110 valence electrons. The Hall–Kier alpha value is -1.06. The van der Waals surface area contributed by atoms with E-state index in [4.69, 9.17) is 17.3 Å². The van der Waals surface area contributed by atoms with Crippen LogP contribution in [0.3, 0.4) is 0 Å². The van der Waals surface area contributed by atoms with Crippen LogP contribution in [-0.2, 0) is 4.79 Å². The Labute approximate surface area is 126 Å². The number of carbonyl (C=O) groups is 1. The first-order valence-corrected chi connectivity index (χ1v) is 7.77. The maximum atomic E-state index is 12.6. The second-order valence-corrected chi connectivity index (χ2v) is 6.01. The van der Waals surface area contributed by atoms with Crippen LogP contribution in [0.2, 0.25) is 5.02 Å². The van der Waals surface area contributed by atoms with Crippen LogP contribution in [0.1, 0.15) is 44.2 Å². The van der Waals surface area contributed by atoms with E-state index in [1.807, 2.05) is 30.0 Å². The van der Waals surface area contributed by atoms with E-state index in [0.717, 1.165) is 42.8 Å². The zero-order valence-electron chi connectivity index (χ0n) is 12.0. The van der Waals surface area contributed by atoms with E-state index in [-0.39, 0.29) is 17.9 Å². The van der Waals surface area contributed by atoms with Gasteiger partial charge in [-0.05, 0) is 49.9 Å². The summed E-state index contributed by atoms with van der Waals surface area (Å²) in [4.78, 5) is 14.6. The fraction of sp³-hybridized carbons (Fsp3) is 0.562. The number of nitrogens with zero attached hydrogens (tertiary/aromatic N) is 1. The molecule has 2 rings (SSSR count). The average molecular weight is 295 g/mol.